The first-order valence-electron chi connectivity index (χ1n) is 6.82. The molecule has 1 unspecified atom stereocenters. The zero-order chi connectivity index (χ0) is 13.2. The summed E-state index contributed by atoms with van der Waals surface area (Å²) in [6.45, 7) is 5.05. The number of para-hydroxylation sites is 1. The predicted molar refractivity (Wildman–Crippen MR) is 77.3 cm³/mol. The highest BCUT2D eigenvalue weighted by Crippen LogP contribution is 2.35. The number of nitrogens with one attached hydrogen (secondary N) is 1. The van der Waals surface area contributed by atoms with E-state index in [2.05, 4.69) is 61.6 Å². The molecule has 1 aliphatic rings. The van der Waals surface area contributed by atoms with Crippen LogP contribution in [0.1, 0.15) is 36.6 Å². The number of benzene rings is 2. The van der Waals surface area contributed by atoms with Crippen molar-refractivity contribution in [2.75, 3.05) is 0 Å². The highest BCUT2D eigenvalue weighted by molar-refractivity contribution is 5.46. The maximum atomic E-state index is 5.93. The third kappa shape index (κ3) is 2.36. The minimum absolute atomic E-state index is 0.192. The van der Waals surface area contributed by atoms with Crippen molar-refractivity contribution < 1.29 is 4.74 Å². The van der Waals surface area contributed by atoms with Gasteiger partial charge in [0.25, 0.3) is 0 Å². The number of rotatable bonds is 3. The average Bonchev–Trinajstić information content (AvgIpc) is 2.82. The van der Waals surface area contributed by atoms with Gasteiger partial charge in [-0.15, -0.1) is 0 Å². The lowest BCUT2D eigenvalue weighted by Crippen LogP contribution is -2.16. The molecule has 0 bridgehead atoms. The summed E-state index contributed by atoms with van der Waals surface area (Å²) >= 11 is 0. The van der Waals surface area contributed by atoms with Gasteiger partial charge in [0.2, 0.25) is 0 Å². The molecule has 0 amide bonds. The Labute approximate surface area is 114 Å². The fraction of sp³-hybridized carbons (Fsp3) is 0.294. The van der Waals surface area contributed by atoms with E-state index >= 15 is 0 Å². The van der Waals surface area contributed by atoms with Gasteiger partial charge in [0, 0.05) is 12.1 Å². The minimum Gasteiger partial charge on any atom is -0.491 e. The molecule has 1 N–H and O–H groups in total. The van der Waals surface area contributed by atoms with Crippen LogP contribution in [0.15, 0.2) is 48.5 Å². The standard InChI is InChI=1S/C17H19NO/c1-12(2)19-16-10-6-5-9-15(16)17-14-8-4-3-7-13(14)11-18-17/h3-10,12,17-18H,11H2,1-2H3. The van der Waals surface area contributed by atoms with Crippen LogP contribution in [0.25, 0.3) is 0 Å². The van der Waals surface area contributed by atoms with Gasteiger partial charge in [-0.05, 0) is 31.0 Å². The van der Waals surface area contributed by atoms with Crippen LogP contribution in [0.5, 0.6) is 5.75 Å². The van der Waals surface area contributed by atoms with Crippen LogP contribution in [0, 0.1) is 0 Å². The van der Waals surface area contributed by atoms with Crippen molar-refractivity contribution in [2.45, 2.75) is 32.5 Å². The van der Waals surface area contributed by atoms with Crippen LogP contribution >= 0.6 is 0 Å². The molecular formula is C17H19NO. The maximum Gasteiger partial charge on any atom is 0.124 e. The summed E-state index contributed by atoms with van der Waals surface area (Å²) < 4.78 is 5.93. The molecular weight excluding hydrogens is 234 g/mol. The Balaban J connectivity index is 2.00. The second-order valence-corrected chi connectivity index (χ2v) is 5.22. The van der Waals surface area contributed by atoms with Crippen molar-refractivity contribution in [2.24, 2.45) is 0 Å². The van der Waals surface area contributed by atoms with E-state index in [1.165, 1.54) is 16.7 Å². The number of fused-ring (bicyclic) bond motifs is 1. The molecule has 2 nitrogen and oxygen atoms in total. The third-order valence-corrected chi connectivity index (χ3v) is 3.46. The summed E-state index contributed by atoms with van der Waals surface area (Å²) in [5.74, 6) is 0.978. The zero-order valence-corrected chi connectivity index (χ0v) is 11.4. The molecule has 0 saturated heterocycles. The van der Waals surface area contributed by atoms with E-state index in [1.54, 1.807) is 0 Å². The van der Waals surface area contributed by atoms with Crippen molar-refractivity contribution in [3.63, 3.8) is 0 Å². The van der Waals surface area contributed by atoms with E-state index < -0.39 is 0 Å². The van der Waals surface area contributed by atoms with Crippen LogP contribution in [-0.2, 0) is 6.54 Å². The normalized spacial score (nSPS) is 17.5. The molecule has 98 valence electrons. The molecule has 0 radical (unpaired) electrons. The predicted octanol–water partition coefficient (Wildman–Crippen LogP) is 3.67. The van der Waals surface area contributed by atoms with Gasteiger partial charge in [0.15, 0.2) is 0 Å². The lowest BCUT2D eigenvalue weighted by atomic mass is 9.98. The van der Waals surface area contributed by atoms with Crippen molar-refractivity contribution in [1.82, 2.24) is 5.32 Å². The van der Waals surface area contributed by atoms with Crippen LogP contribution in [0.4, 0.5) is 0 Å². The zero-order valence-electron chi connectivity index (χ0n) is 11.4. The summed E-state index contributed by atoms with van der Waals surface area (Å²) in [6, 6.07) is 17.1. The van der Waals surface area contributed by atoms with Crippen molar-refractivity contribution >= 4 is 0 Å². The first-order valence-corrected chi connectivity index (χ1v) is 6.82. The van der Waals surface area contributed by atoms with Crippen molar-refractivity contribution in [3.05, 3.63) is 65.2 Å². The average molecular weight is 253 g/mol. The molecule has 2 aromatic carbocycles. The topological polar surface area (TPSA) is 21.3 Å². The molecule has 0 saturated carbocycles. The van der Waals surface area contributed by atoms with E-state index in [4.69, 9.17) is 4.74 Å². The molecule has 19 heavy (non-hydrogen) atoms. The second kappa shape index (κ2) is 5.06. The fourth-order valence-electron chi connectivity index (χ4n) is 2.66. The molecule has 1 aliphatic heterocycles. The van der Waals surface area contributed by atoms with E-state index in [9.17, 15) is 0 Å². The SMILES string of the molecule is CC(C)Oc1ccccc1C1NCc2ccccc21. The molecule has 0 fully saturated rings. The Bertz CT molecular complexity index is 577. The fourth-order valence-corrected chi connectivity index (χ4v) is 2.66. The third-order valence-electron chi connectivity index (χ3n) is 3.46. The Morgan fingerprint density at radius 2 is 1.68 bits per heavy atom. The lowest BCUT2D eigenvalue weighted by Gasteiger charge is -2.19. The van der Waals surface area contributed by atoms with E-state index in [1.807, 2.05) is 6.07 Å². The summed E-state index contributed by atoms with van der Waals surface area (Å²) in [6.07, 6.45) is 0.192. The molecule has 1 heterocycles. The van der Waals surface area contributed by atoms with Crippen LogP contribution in [0.3, 0.4) is 0 Å². The van der Waals surface area contributed by atoms with E-state index in [-0.39, 0.29) is 12.1 Å². The Hall–Kier alpha value is -1.80. The summed E-state index contributed by atoms with van der Waals surface area (Å²) in [5.41, 5.74) is 3.97. The largest absolute Gasteiger partial charge is 0.491 e. The van der Waals surface area contributed by atoms with Gasteiger partial charge < -0.3 is 10.1 Å². The molecule has 2 aromatic rings. The summed E-state index contributed by atoms with van der Waals surface area (Å²) in [7, 11) is 0. The molecule has 0 spiro atoms. The van der Waals surface area contributed by atoms with Crippen LogP contribution in [-0.4, -0.2) is 6.10 Å². The van der Waals surface area contributed by atoms with E-state index in [0.29, 0.717) is 0 Å². The van der Waals surface area contributed by atoms with Crippen molar-refractivity contribution in [3.8, 4) is 5.75 Å². The molecule has 2 heteroatoms. The quantitative estimate of drug-likeness (QED) is 0.901. The van der Waals surface area contributed by atoms with Gasteiger partial charge in [-0.3, -0.25) is 0 Å². The summed E-state index contributed by atoms with van der Waals surface area (Å²) in [5, 5.41) is 3.57. The van der Waals surface area contributed by atoms with Crippen LogP contribution < -0.4 is 10.1 Å². The molecule has 0 aliphatic carbocycles. The Morgan fingerprint density at radius 1 is 1.00 bits per heavy atom. The van der Waals surface area contributed by atoms with Gasteiger partial charge in [-0.25, -0.2) is 0 Å². The Kier molecular flexibility index (Phi) is 3.26. The number of hydrogen-bond donors (Lipinski definition) is 1. The van der Waals surface area contributed by atoms with Gasteiger partial charge >= 0.3 is 0 Å². The number of ether oxygens (including phenoxy) is 1. The first kappa shape index (κ1) is 12.2. The second-order valence-electron chi connectivity index (χ2n) is 5.22. The smallest absolute Gasteiger partial charge is 0.124 e. The van der Waals surface area contributed by atoms with Gasteiger partial charge in [-0.1, -0.05) is 42.5 Å². The highest BCUT2D eigenvalue weighted by Gasteiger charge is 2.25. The maximum absolute atomic E-state index is 5.93. The van der Waals surface area contributed by atoms with Gasteiger partial charge in [0.1, 0.15) is 5.75 Å². The molecule has 1 atom stereocenters. The summed E-state index contributed by atoms with van der Waals surface area (Å²) in [4.78, 5) is 0. The molecule has 3 rings (SSSR count). The van der Waals surface area contributed by atoms with Crippen LogP contribution in [0.2, 0.25) is 0 Å². The molecule has 0 aromatic heterocycles. The van der Waals surface area contributed by atoms with Gasteiger partial charge in [0.05, 0.1) is 12.1 Å². The number of hydrogen-bond acceptors (Lipinski definition) is 2. The van der Waals surface area contributed by atoms with Gasteiger partial charge in [-0.2, -0.15) is 0 Å². The Morgan fingerprint density at radius 3 is 2.47 bits per heavy atom. The first-order chi connectivity index (χ1) is 9.25. The monoisotopic (exact) mass is 253 g/mol. The van der Waals surface area contributed by atoms with E-state index in [0.717, 1.165) is 12.3 Å². The van der Waals surface area contributed by atoms with Crippen molar-refractivity contribution in [1.29, 1.82) is 0 Å². The minimum atomic E-state index is 0.192. The lowest BCUT2D eigenvalue weighted by molar-refractivity contribution is 0.239. The highest BCUT2D eigenvalue weighted by atomic mass is 16.5.